The first-order valence-corrected chi connectivity index (χ1v) is 8.69. The average molecular weight is 342 g/mol. The van der Waals surface area contributed by atoms with Crippen LogP contribution in [0, 0.1) is 5.92 Å². The summed E-state index contributed by atoms with van der Waals surface area (Å²) in [7, 11) is 1.75. The number of piperidine rings is 1. The first-order chi connectivity index (χ1) is 12.0. The predicted molar refractivity (Wildman–Crippen MR) is 92.0 cm³/mol. The van der Waals surface area contributed by atoms with Gasteiger partial charge in [-0.1, -0.05) is 18.2 Å². The highest BCUT2D eigenvalue weighted by molar-refractivity contribution is 5.88. The molecule has 3 heterocycles. The van der Waals surface area contributed by atoms with Gasteiger partial charge in [-0.05, 0) is 25.0 Å². The number of carboxylic acids is 1. The van der Waals surface area contributed by atoms with Crippen molar-refractivity contribution in [3.8, 4) is 0 Å². The van der Waals surface area contributed by atoms with Crippen LogP contribution in [0.15, 0.2) is 34.7 Å². The highest BCUT2D eigenvalue weighted by atomic mass is 16.4. The fourth-order valence-corrected chi connectivity index (χ4v) is 4.42. The summed E-state index contributed by atoms with van der Waals surface area (Å²) in [5.41, 5.74) is 0.353. The van der Waals surface area contributed by atoms with Crippen molar-refractivity contribution in [3.63, 3.8) is 0 Å². The van der Waals surface area contributed by atoms with Crippen LogP contribution in [0.2, 0.25) is 0 Å². The van der Waals surface area contributed by atoms with Gasteiger partial charge in [-0.25, -0.2) is 0 Å². The molecule has 2 aliphatic heterocycles. The van der Waals surface area contributed by atoms with E-state index in [-0.39, 0.29) is 12.3 Å². The number of benzene rings is 1. The maximum atomic E-state index is 12.1. The van der Waals surface area contributed by atoms with Gasteiger partial charge in [0.2, 0.25) is 5.91 Å². The third kappa shape index (κ3) is 2.61. The summed E-state index contributed by atoms with van der Waals surface area (Å²) < 4.78 is 5.88. The van der Waals surface area contributed by atoms with Gasteiger partial charge in [0.15, 0.2) is 0 Å². The lowest BCUT2D eigenvalue weighted by Gasteiger charge is -2.45. The van der Waals surface area contributed by atoms with E-state index in [1.165, 1.54) is 0 Å². The molecule has 1 aromatic carbocycles. The van der Waals surface area contributed by atoms with Crippen molar-refractivity contribution in [2.45, 2.75) is 31.3 Å². The van der Waals surface area contributed by atoms with Crippen LogP contribution in [0.4, 0.5) is 0 Å². The van der Waals surface area contributed by atoms with Gasteiger partial charge in [0.05, 0.1) is 18.0 Å². The molecule has 2 aliphatic rings. The van der Waals surface area contributed by atoms with Crippen LogP contribution in [-0.4, -0.2) is 52.5 Å². The minimum absolute atomic E-state index is 0.0573. The van der Waals surface area contributed by atoms with Crippen molar-refractivity contribution in [1.82, 2.24) is 9.80 Å². The van der Waals surface area contributed by atoms with Crippen LogP contribution >= 0.6 is 0 Å². The lowest BCUT2D eigenvalue weighted by molar-refractivity contribution is -0.146. The van der Waals surface area contributed by atoms with E-state index in [1.807, 2.05) is 24.3 Å². The van der Waals surface area contributed by atoms with Crippen LogP contribution in [-0.2, 0) is 16.1 Å². The van der Waals surface area contributed by atoms with E-state index < -0.39 is 17.4 Å². The second kappa shape index (κ2) is 5.88. The second-order valence-electron chi connectivity index (χ2n) is 7.18. The van der Waals surface area contributed by atoms with Crippen molar-refractivity contribution >= 4 is 22.8 Å². The maximum Gasteiger partial charge on any atom is 0.309 e. The topological polar surface area (TPSA) is 74.0 Å². The molecule has 1 amide bonds. The molecule has 25 heavy (non-hydrogen) atoms. The summed E-state index contributed by atoms with van der Waals surface area (Å²) in [6.07, 6.45) is 1.49. The number of fused-ring (bicyclic) bond motifs is 1. The molecule has 2 aromatic rings. The number of amides is 1. The Kier molecular flexibility index (Phi) is 3.80. The van der Waals surface area contributed by atoms with E-state index in [4.69, 9.17) is 4.42 Å². The summed E-state index contributed by atoms with van der Waals surface area (Å²) in [6, 6.07) is 10.0. The van der Waals surface area contributed by atoms with E-state index in [0.29, 0.717) is 19.4 Å². The van der Waals surface area contributed by atoms with E-state index >= 15 is 0 Å². The highest BCUT2D eigenvalue weighted by Crippen LogP contribution is 2.43. The van der Waals surface area contributed by atoms with Crippen LogP contribution in [0.25, 0.3) is 11.0 Å². The van der Waals surface area contributed by atoms with Crippen molar-refractivity contribution in [3.05, 3.63) is 36.1 Å². The average Bonchev–Trinajstić information content (AvgIpc) is 3.11. The summed E-state index contributed by atoms with van der Waals surface area (Å²) in [6.45, 7) is 2.23. The SMILES string of the molecule is CN1C(=O)CC(C(=O)O)C12CCN(Cc1cc3ccccc3o1)CC2. The number of aliphatic carboxylic acids is 1. The molecule has 1 aromatic heterocycles. The molecule has 0 aliphatic carbocycles. The molecule has 2 saturated heterocycles. The van der Waals surface area contributed by atoms with E-state index in [2.05, 4.69) is 11.0 Å². The Morgan fingerprint density at radius 3 is 2.72 bits per heavy atom. The monoisotopic (exact) mass is 342 g/mol. The molecule has 1 unspecified atom stereocenters. The Bertz CT molecular complexity index is 787. The fourth-order valence-electron chi connectivity index (χ4n) is 4.42. The summed E-state index contributed by atoms with van der Waals surface area (Å²) in [4.78, 5) is 27.7. The Morgan fingerprint density at radius 1 is 1.32 bits per heavy atom. The number of carboxylic acid groups (broad SMARTS) is 1. The van der Waals surface area contributed by atoms with Gasteiger partial charge < -0.3 is 14.4 Å². The Balaban J connectivity index is 1.47. The smallest absolute Gasteiger partial charge is 0.309 e. The van der Waals surface area contributed by atoms with Gasteiger partial charge in [0.25, 0.3) is 0 Å². The zero-order valence-corrected chi connectivity index (χ0v) is 14.3. The molecule has 1 atom stereocenters. The zero-order valence-electron chi connectivity index (χ0n) is 14.3. The van der Waals surface area contributed by atoms with Crippen molar-refractivity contribution in [1.29, 1.82) is 0 Å². The highest BCUT2D eigenvalue weighted by Gasteiger charge is 2.55. The number of rotatable bonds is 3. The standard InChI is InChI=1S/C19H22N2O4/c1-20-17(22)11-15(18(23)24)19(20)6-8-21(9-7-19)12-14-10-13-4-2-3-5-16(13)25-14/h2-5,10,15H,6-9,11-12H2,1H3,(H,23,24). The minimum Gasteiger partial charge on any atom is -0.481 e. The van der Waals surface area contributed by atoms with Gasteiger partial charge in [-0.2, -0.15) is 0 Å². The Morgan fingerprint density at radius 2 is 2.04 bits per heavy atom. The molecule has 2 fully saturated rings. The first kappa shape index (κ1) is 16.1. The Hall–Kier alpha value is -2.34. The number of hydrogen-bond donors (Lipinski definition) is 1. The lowest BCUT2D eigenvalue weighted by atomic mass is 9.77. The molecule has 1 spiro atoms. The van der Waals surface area contributed by atoms with E-state index in [9.17, 15) is 14.7 Å². The number of likely N-dealkylation sites (tertiary alicyclic amines) is 2. The minimum atomic E-state index is -0.858. The first-order valence-electron chi connectivity index (χ1n) is 8.69. The molecule has 1 N–H and O–H groups in total. The molecule has 132 valence electrons. The predicted octanol–water partition coefficient (Wildman–Crippen LogP) is 2.33. The summed E-state index contributed by atoms with van der Waals surface area (Å²) in [5.74, 6) is -0.595. The summed E-state index contributed by atoms with van der Waals surface area (Å²) in [5, 5.41) is 10.6. The third-order valence-electron chi connectivity index (χ3n) is 5.95. The number of para-hydroxylation sites is 1. The Labute approximate surface area is 146 Å². The number of furan rings is 1. The summed E-state index contributed by atoms with van der Waals surface area (Å²) >= 11 is 0. The number of carbonyl (C=O) groups is 2. The molecular formula is C19H22N2O4. The van der Waals surface area contributed by atoms with Gasteiger partial charge in [0, 0.05) is 31.9 Å². The maximum absolute atomic E-state index is 12.1. The van der Waals surface area contributed by atoms with Gasteiger partial charge in [-0.3, -0.25) is 14.5 Å². The lowest BCUT2D eigenvalue weighted by Crippen LogP contribution is -2.55. The molecular weight excluding hydrogens is 320 g/mol. The molecule has 0 saturated carbocycles. The number of nitrogens with zero attached hydrogens (tertiary/aromatic N) is 2. The van der Waals surface area contributed by atoms with E-state index in [1.54, 1.807) is 11.9 Å². The van der Waals surface area contributed by atoms with E-state index in [0.717, 1.165) is 29.8 Å². The van der Waals surface area contributed by atoms with Crippen molar-refractivity contribution < 1.29 is 19.1 Å². The number of carbonyl (C=O) groups excluding carboxylic acids is 1. The molecule has 6 nitrogen and oxygen atoms in total. The van der Waals surface area contributed by atoms with Crippen LogP contribution in [0.5, 0.6) is 0 Å². The normalized spacial score (nSPS) is 23.6. The van der Waals surface area contributed by atoms with Gasteiger partial charge in [-0.15, -0.1) is 0 Å². The van der Waals surface area contributed by atoms with Crippen LogP contribution in [0.3, 0.4) is 0 Å². The molecule has 0 radical (unpaired) electrons. The second-order valence-corrected chi connectivity index (χ2v) is 7.18. The van der Waals surface area contributed by atoms with Crippen LogP contribution < -0.4 is 0 Å². The fraction of sp³-hybridized carbons (Fsp3) is 0.474. The van der Waals surface area contributed by atoms with Crippen molar-refractivity contribution in [2.24, 2.45) is 5.92 Å². The third-order valence-corrected chi connectivity index (χ3v) is 5.95. The molecule has 0 bridgehead atoms. The molecule has 6 heteroatoms. The quantitative estimate of drug-likeness (QED) is 0.927. The number of hydrogen-bond acceptors (Lipinski definition) is 4. The largest absolute Gasteiger partial charge is 0.481 e. The zero-order chi connectivity index (χ0) is 17.6. The van der Waals surface area contributed by atoms with Gasteiger partial charge >= 0.3 is 5.97 Å². The molecule has 4 rings (SSSR count). The van der Waals surface area contributed by atoms with Crippen molar-refractivity contribution in [2.75, 3.05) is 20.1 Å². The van der Waals surface area contributed by atoms with Gasteiger partial charge in [0.1, 0.15) is 11.3 Å². The van der Waals surface area contributed by atoms with Crippen LogP contribution in [0.1, 0.15) is 25.0 Å².